The molecule has 0 aromatic heterocycles. The van der Waals surface area contributed by atoms with E-state index in [2.05, 4.69) is 0 Å². The molecule has 27 heavy (non-hydrogen) atoms. The Balaban J connectivity index is 1.82. The van der Waals surface area contributed by atoms with Crippen molar-refractivity contribution in [1.82, 2.24) is 0 Å². The number of carbonyl (C=O) groups excluding carboxylic acids is 1. The number of hydrogen-bond donors (Lipinski definition) is 0. The Kier molecular flexibility index (Phi) is 5.09. The zero-order chi connectivity index (χ0) is 19.6. The zero-order valence-electron chi connectivity index (χ0n) is 14.1. The maximum absolute atomic E-state index is 12.5. The highest BCUT2D eigenvalue weighted by Gasteiger charge is 2.26. The SMILES string of the molecule is COc1ccc2ccc(OC(=O)c3ccc(S(=O)(=O)C(F)F)cc3)cc2c1. The summed E-state index contributed by atoms with van der Waals surface area (Å²) in [5, 5.41) is 1.73. The Morgan fingerprint density at radius 1 is 0.889 bits per heavy atom. The van der Waals surface area contributed by atoms with Gasteiger partial charge in [0.1, 0.15) is 11.5 Å². The summed E-state index contributed by atoms with van der Waals surface area (Å²) in [7, 11) is -3.16. The van der Waals surface area contributed by atoms with Crippen LogP contribution in [-0.4, -0.2) is 27.3 Å². The molecule has 0 fully saturated rings. The Bertz CT molecular complexity index is 1090. The summed E-state index contributed by atoms with van der Waals surface area (Å²) in [6, 6.07) is 14.7. The lowest BCUT2D eigenvalue weighted by atomic mass is 10.1. The molecule has 8 heteroatoms. The number of esters is 1. The molecule has 3 rings (SSSR count). The van der Waals surface area contributed by atoms with E-state index >= 15 is 0 Å². The first-order valence-corrected chi connectivity index (χ1v) is 9.28. The van der Waals surface area contributed by atoms with Crippen molar-refractivity contribution in [2.24, 2.45) is 0 Å². The molecule has 3 aromatic rings. The fraction of sp³-hybridized carbons (Fsp3) is 0.105. The number of hydrogen-bond acceptors (Lipinski definition) is 5. The Labute approximate surface area is 154 Å². The van der Waals surface area contributed by atoms with Crippen molar-refractivity contribution >= 4 is 26.6 Å². The zero-order valence-corrected chi connectivity index (χ0v) is 14.9. The molecular weight excluding hydrogens is 378 g/mol. The van der Waals surface area contributed by atoms with Gasteiger partial charge in [0.25, 0.3) is 0 Å². The van der Waals surface area contributed by atoms with Crippen molar-refractivity contribution in [3.8, 4) is 11.5 Å². The third-order valence-electron chi connectivity index (χ3n) is 3.88. The van der Waals surface area contributed by atoms with Crippen LogP contribution in [0.1, 0.15) is 10.4 Å². The molecule has 0 N–H and O–H groups in total. The van der Waals surface area contributed by atoms with Crippen LogP contribution in [0.25, 0.3) is 10.8 Å². The smallest absolute Gasteiger partial charge is 0.343 e. The van der Waals surface area contributed by atoms with Crippen LogP contribution in [0, 0.1) is 0 Å². The van der Waals surface area contributed by atoms with Crippen LogP contribution in [0.4, 0.5) is 8.78 Å². The van der Waals surface area contributed by atoms with E-state index in [1.807, 2.05) is 12.1 Å². The van der Waals surface area contributed by atoms with Crippen LogP contribution in [0.3, 0.4) is 0 Å². The van der Waals surface area contributed by atoms with Gasteiger partial charge in [0.05, 0.1) is 17.6 Å². The van der Waals surface area contributed by atoms with Crippen molar-refractivity contribution in [2.45, 2.75) is 10.7 Å². The van der Waals surface area contributed by atoms with Crippen LogP contribution < -0.4 is 9.47 Å². The third-order valence-corrected chi connectivity index (χ3v) is 5.28. The highest BCUT2D eigenvalue weighted by molar-refractivity contribution is 7.91. The lowest BCUT2D eigenvalue weighted by Gasteiger charge is -2.08. The number of fused-ring (bicyclic) bond motifs is 1. The Morgan fingerprint density at radius 2 is 1.48 bits per heavy atom. The first-order chi connectivity index (χ1) is 12.8. The molecule has 5 nitrogen and oxygen atoms in total. The van der Waals surface area contributed by atoms with Crippen LogP contribution in [0.2, 0.25) is 0 Å². The molecule has 0 heterocycles. The van der Waals surface area contributed by atoms with Gasteiger partial charge in [-0.15, -0.1) is 0 Å². The van der Waals surface area contributed by atoms with E-state index in [0.29, 0.717) is 5.75 Å². The Hall–Kier alpha value is -3.00. The van der Waals surface area contributed by atoms with E-state index in [9.17, 15) is 22.0 Å². The molecule has 0 aliphatic carbocycles. The second kappa shape index (κ2) is 7.32. The number of methoxy groups -OCH3 is 1. The van der Waals surface area contributed by atoms with Crippen molar-refractivity contribution in [1.29, 1.82) is 0 Å². The highest BCUT2D eigenvalue weighted by Crippen LogP contribution is 2.26. The minimum absolute atomic E-state index is 0.0361. The van der Waals surface area contributed by atoms with Crippen LogP contribution in [-0.2, 0) is 9.84 Å². The van der Waals surface area contributed by atoms with E-state index in [-0.39, 0.29) is 11.3 Å². The molecule has 0 saturated carbocycles. The monoisotopic (exact) mass is 392 g/mol. The van der Waals surface area contributed by atoms with Crippen molar-refractivity contribution < 1.29 is 31.5 Å². The van der Waals surface area contributed by atoms with Crippen molar-refractivity contribution in [2.75, 3.05) is 7.11 Å². The van der Waals surface area contributed by atoms with Gasteiger partial charge in [0.2, 0.25) is 9.84 Å². The third kappa shape index (κ3) is 3.90. The largest absolute Gasteiger partial charge is 0.497 e. The Morgan fingerprint density at radius 3 is 2.07 bits per heavy atom. The van der Waals surface area contributed by atoms with E-state index in [1.165, 1.54) is 0 Å². The average Bonchev–Trinajstić information content (AvgIpc) is 2.67. The second-order valence-corrected chi connectivity index (χ2v) is 7.51. The maximum Gasteiger partial charge on any atom is 0.343 e. The lowest BCUT2D eigenvalue weighted by molar-refractivity contribution is 0.0735. The predicted molar refractivity (Wildman–Crippen MR) is 95.1 cm³/mol. The lowest BCUT2D eigenvalue weighted by Crippen LogP contribution is -2.12. The summed E-state index contributed by atoms with van der Waals surface area (Å²) >= 11 is 0. The van der Waals surface area contributed by atoms with E-state index in [0.717, 1.165) is 35.0 Å². The highest BCUT2D eigenvalue weighted by atomic mass is 32.2. The minimum atomic E-state index is -4.71. The summed E-state index contributed by atoms with van der Waals surface area (Å²) < 4.78 is 58.3. The van der Waals surface area contributed by atoms with Crippen molar-refractivity contribution in [3.05, 3.63) is 66.2 Å². The van der Waals surface area contributed by atoms with Gasteiger partial charge in [-0.3, -0.25) is 0 Å². The fourth-order valence-corrected chi connectivity index (χ4v) is 3.16. The van der Waals surface area contributed by atoms with Crippen molar-refractivity contribution in [3.63, 3.8) is 0 Å². The fourth-order valence-electron chi connectivity index (χ4n) is 2.44. The molecule has 0 atom stereocenters. The van der Waals surface area contributed by atoms with Crippen LogP contribution in [0.5, 0.6) is 11.5 Å². The van der Waals surface area contributed by atoms with Crippen LogP contribution >= 0.6 is 0 Å². The normalized spacial score (nSPS) is 11.6. The number of benzene rings is 3. The topological polar surface area (TPSA) is 69.7 Å². The van der Waals surface area contributed by atoms with Gasteiger partial charge in [0.15, 0.2) is 0 Å². The summed E-state index contributed by atoms with van der Waals surface area (Å²) in [5.74, 6) is -3.32. The van der Waals surface area contributed by atoms with Gasteiger partial charge in [0, 0.05) is 0 Å². The number of halogens is 2. The molecule has 0 unspecified atom stereocenters. The molecule has 0 aliphatic heterocycles. The number of sulfone groups is 1. The summed E-state index contributed by atoms with van der Waals surface area (Å²) in [6.07, 6.45) is 0. The molecule has 0 aliphatic rings. The molecule has 0 spiro atoms. The van der Waals surface area contributed by atoms with Crippen LogP contribution in [0.15, 0.2) is 65.6 Å². The minimum Gasteiger partial charge on any atom is -0.497 e. The van der Waals surface area contributed by atoms with Gasteiger partial charge in [-0.1, -0.05) is 12.1 Å². The first-order valence-electron chi connectivity index (χ1n) is 7.73. The summed E-state index contributed by atoms with van der Waals surface area (Å²) in [4.78, 5) is 11.7. The molecule has 3 aromatic carbocycles. The average molecular weight is 392 g/mol. The number of alkyl halides is 2. The van der Waals surface area contributed by atoms with E-state index in [1.54, 1.807) is 31.4 Å². The summed E-state index contributed by atoms with van der Waals surface area (Å²) in [5.41, 5.74) is 0.0361. The van der Waals surface area contributed by atoms with Gasteiger partial charge < -0.3 is 9.47 Å². The number of carbonyl (C=O) groups is 1. The van der Waals surface area contributed by atoms with Gasteiger partial charge >= 0.3 is 11.7 Å². The van der Waals surface area contributed by atoms with E-state index in [4.69, 9.17) is 9.47 Å². The summed E-state index contributed by atoms with van der Waals surface area (Å²) in [6.45, 7) is 0. The first kappa shape index (κ1) is 18.8. The molecular formula is C19H14F2O5S. The number of rotatable bonds is 5. The maximum atomic E-state index is 12.5. The molecule has 0 saturated heterocycles. The van der Waals surface area contributed by atoms with E-state index < -0.39 is 26.5 Å². The quantitative estimate of drug-likeness (QED) is 0.484. The molecule has 0 amide bonds. The van der Waals surface area contributed by atoms with Gasteiger partial charge in [-0.2, -0.15) is 8.78 Å². The standard InChI is InChI=1S/C19H14F2O5S/c1-25-15-6-2-12-3-7-16(11-14(12)10-15)26-18(22)13-4-8-17(9-5-13)27(23,24)19(20)21/h2-11,19H,1H3. The predicted octanol–water partition coefficient (Wildman–Crippen LogP) is 4.06. The number of ether oxygens (including phenoxy) is 2. The van der Waals surface area contributed by atoms with Gasteiger partial charge in [-0.05, 0) is 59.3 Å². The molecule has 0 bridgehead atoms. The molecule has 0 radical (unpaired) electrons. The van der Waals surface area contributed by atoms with Gasteiger partial charge in [-0.25, -0.2) is 13.2 Å². The molecule has 140 valence electrons. The second-order valence-electron chi connectivity index (χ2n) is 5.59.